The van der Waals surface area contributed by atoms with Crippen molar-refractivity contribution in [2.24, 2.45) is 0 Å². The van der Waals surface area contributed by atoms with Gasteiger partial charge in [-0.15, -0.1) is 25.3 Å². The smallest absolute Gasteiger partial charge is 0.0180 e. The van der Waals surface area contributed by atoms with Crippen molar-refractivity contribution < 1.29 is 0 Å². The summed E-state index contributed by atoms with van der Waals surface area (Å²) in [7, 11) is 0. The van der Waals surface area contributed by atoms with E-state index in [0.29, 0.717) is 0 Å². The van der Waals surface area contributed by atoms with E-state index in [9.17, 15) is 0 Å². The van der Waals surface area contributed by atoms with Gasteiger partial charge in [-0.05, 0) is 45.8 Å². The molecule has 2 heteroatoms. The molecule has 0 aliphatic heterocycles. The van der Waals surface area contributed by atoms with Gasteiger partial charge >= 0.3 is 0 Å². The molecular formula is C14H10S2. The van der Waals surface area contributed by atoms with E-state index in [4.69, 9.17) is 0 Å². The minimum Gasteiger partial charge on any atom is -0.142 e. The molecule has 0 unspecified atom stereocenters. The fraction of sp³-hybridized carbons (Fsp3) is 0. The van der Waals surface area contributed by atoms with Crippen LogP contribution in [0.25, 0.3) is 21.5 Å². The van der Waals surface area contributed by atoms with Gasteiger partial charge in [-0.2, -0.15) is 0 Å². The highest BCUT2D eigenvalue weighted by molar-refractivity contribution is 7.83. The molecule has 0 saturated carbocycles. The second kappa shape index (κ2) is 3.72. The first kappa shape index (κ1) is 10.1. The first-order chi connectivity index (χ1) is 7.74. The fourth-order valence-electron chi connectivity index (χ4n) is 1.97. The van der Waals surface area contributed by atoms with Gasteiger partial charge in [0.25, 0.3) is 0 Å². The summed E-state index contributed by atoms with van der Waals surface area (Å²) in [5, 5.41) is 4.94. The van der Waals surface area contributed by atoms with Gasteiger partial charge < -0.3 is 0 Å². The Morgan fingerprint density at radius 3 is 1.44 bits per heavy atom. The average Bonchev–Trinajstić information content (AvgIpc) is 2.28. The number of fused-ring (bicyclic) bond motifs is 2. The summed E-state index contributed by atoms with van der Waals surface area (Å²) in [6.45, 7) is 0. The molecule has 0 saturated heterocycles. The molecule has 0 aromatic heterocycles. The lowest BCUT2D eigenvalue weighted by molar-refractivity contribution is 1.30. The highest BCUT2D eigenvalue weighted by atomic mass is 32.1. The van der Waals surface area contributed by atoms with E-state index >= 15 is 0 Å². The third-order valence-corrected chi connectivity index (χ3v) is 3.71. The van der Waals surface area contributed by atoms with Crippen molar-refractivity contribution in [1.29, 1.82) is 0 Å². The molecule has 0 N–H and O–H groups in total. The van der Waals surface area contributed by atoms with Crippen LogP contribution in [0.4, 0.5) is 0 Å². The van der Waals surface area contributed by atoms with E-state index in [1.807, 2.05) is 0 Å². The Labute approximate surface area is 105 Å². The summed E-state index contributed by atoms with van der Waals surface area (Å²) < 4.78 is 0. The lowest BCUT2D eigenvalue weighted by Gasteiger charge is -2.05. The van der Waals surface area contributed by atoms with Gasteiger partial charge in [0.1, 0.15) is 0 Å². The van der Waals surface area contributed by atoms with Gasteiger partial charge in [0.05, 0.1) is 0 Å². The maximum absolute atomic E-state index is 4.39. The number of hydrogen-bond acceptors (Lipinski definition) is 2. The van der Waals surface area contributed by atoms with Crippen LogP contribution < -0.4 is 0 Å². The maximum atomic E-state index is 4.39. The topological polar surface area (TPSA) is 0 Å². The predicted octanol–water partition coefficient (Wildman–Crippen LogP) is 4.57. The van der Waals surface area contributed by atoms with Gasteiger partial charge in [0.15, 0.2) is 0 Å². The molecule has 3 rings (SSSR count). The van der Waals surface area contributed by atoms with Crippen LogP contribution in [0, 0.1) is 0 Å². The SMILES string of the molecule is Sc1cc2cc3ccccc3cc2cc1S. The summed E-state index contributed by atoms with van der Waals surface area (Å²) in [6.07, 6.45) is 0. The lowest BCUT2D eigenvalue weighted by Crippen LogP contribution is -1.78. The van der Waals surface area contributed by atoms with E-state index in [-0.39, 0.29) is 0 Å². The van der Waals surface area contributed by atoms with E-state index in [1.165, 1.54) is 21.5 Å². The molecule has 0 spiro atoms. The molecule has 0 atom stereocenters. The molecule has 0 radical (unpaired) electrons. The van der Waals surface area contributed by atoms with Crippen LogP contribution in [-0.2, 0) is 0 Å². The average molecular weight is 242 g/mol. The standard InChI is InChI=1S/C14H10S2/c15-13-7-11-5-9-3-1-2-4-10(9)6-12(11)8-14(13)16/h1-8,15-16H. The van der Waals surface area contributed by atoms with Crippen LogP contribution in [0.2, 0.25) is 0 Å². The van der Waals surface area contributed by atoms with Gasteiger partial charge in [-0.25, -0.2) is 0 Å². The molecule has 0 fully saturated rings. The number of thiol groups is 2. The quantitative estimate of drug-likeness (QED) is 0.419. The van der Waals surface area contributed by atoms with Crippen molar-refractivity contribution in [2.75, 3.05) is 0 Å². The van der Waals surface area contributed by atoms with Gasteiger partial charge in [-0.3, -0.25) is 0 Å². The third kappa shape index (κ3) is 1.58. The van der Waals surface area contributed by atoms with Crippen molar-refractivity contribution in [3.63, 3.8) is 0 Å². The number of benzene rings is 3. The molecule has 78 valence electrons. The van der Waals surface area contributed by atoms with E-state index < -0.39 is 0 Å². The minimum absolute atomic E-state index is 0.922. The van der Waals surface area contributed by atoms with E-state index in [1.54, 1.807) is 0 Å². The lowest BCUT2D eigenvalue weighted by atomic mass is 10.0. The molecule has 0 bridgehead atoms. The van der Waals surface area contributed by atoms with Crippen LogP contribution in [-0.4, -0.2) is 0 Å². The summed E-state index contributed by atoms with van der Waals surface area (Å²) in [5.41, 5.74) is 0. The molecule has 0 aliphatic rings. The molecule has 0 aliphatic carbocycles. The molecule has 0 amide bonds. The highest BCUT2D eigenvalue weighted by Crippen LogP contribution is 2.28. The molecule has 0 heterocycles. The monoisotopic (exact) mass is 242 g/mol. The Morgan fingerprint density at radius 2 is 1.00 bits per heavy atom. The second-order valence-corrected chi connectivity index (χ2v) is 4.85. The van der Waals surface area contributed by atoms with Crippen LogP contribution in [0.5, 0.6) is 0 Å². The minimum atomic E-state index is 0.922. The largest absolute Gasteiger partial charge is 0.142 e. The summed E-state index contributed by atoms with van der Waals surface area (Å²) in [4.78, 5) is 1.84. The number of rotatable bonds is 0. The zero-order valence-corrected chi connectivity index (χ0v) is 10.3. The van der Waals surface area contributed by atoms with Crippen LogP contribution in [0.3, 0.4) is 0 Å². The van der Waals surface area contributed by atoms with Gasteiger partial charge in [0.2, 0.25) is 0 Å². The molecule has 0 nitrogen and oxygen atoms in total. The van der Waals surface area contributed by atoms with Crippen molar-refractivity contribution in [2.45, 2.75) is 9.79 Å². The third-order valence-electron chi connectivity index (χ3n) is 2.80. The van der Waals surface area contributed by atoms with Crippen LogP contribution >= 0.6 is 25.3 Å². The van der Waals surface area contributed by atoms with Gasteiger partial charge in [-0.1, -0.05) is 24.3 Å². The molecule has 16 heavy (non-hydrogen) atoms. The van der Waals surface area contributed by atoms with Crippen LogP contribution in [0.15, 0.2) is 58.3 Å². The Bertz CT molecular complexity index is 627. The summed E-state index contributed by atoms with van der Waals surface area (Å²) in [6, 6.07) is 16.9. The first-order valence-electron chi connectivity index (χ1n) is 5.08. The Hall–Kier alpha value is -1.12. The Kier molecular flexibility index (Phi) is 2.34. The summed E-state index contributed by atoms with van der Waals surface area (Å²) in [5.74, 6) is 0. The Balaban J connectivity index is 2.46. The predicted molar refractivity (Wildman–Crippen MR) is 76.0 cm³/mol. The normalized spacial score (nSPS) is 11.1. The zero-order chi connectivity index (χ0) is 11.1. The van der Waals surface area contributed by atoms with Crippen LogP contribution in [0.1, 0.15) is 0 Å². The highest BCUT2D eigenvalue weighted by Gasteiger charge is 2.01. The summed E-state index contributed by atoms with van der Waals surface area (Å²) >= 11 is 8.78. The molecule has 3 aromatic rings. The molecular weight excluding hydrogens is 232 g/mol. The first-order valence-corrected chi connectivity index (χ1v) is 5.98. The van der Waals surface area contributed by atoms with Crippen molar-refractivity contribution >= 4 is 46.8 Å². The number of hydrogen-bond donors (Lipinski definition) is 2. The van der Waals surface area contributed by atoms with E-state index in [0.717, 1.165) is 9.79 Å². The second-order valence-electron chi connectivity index (χ2n) is 3.89. The van der Waals surface area contributed by atoms with Crippen molar-refractivity contribution in [3.05, 3.63) is 48.5 Å². The zero-order valence-electron chi connectivity index (χ0n) is 8.51. The maximum Gasteiger partial charge on any atom is 0.0180 e. The van der Waals surface area contributed by atoms with Crippen molar-refractivity contribution in [1.82, 2.24) is 0 Å². The van der Waals surface area contributed by atoms with Gasteiger partial charge in [0, 0.05) is 9.79 Å². The Morgan fingerprint density at radius 1 is 0.562 bits per heavy atom. The van der Waals surface area contributed by atoms with E-state index in [2.05, 4.69) is 73.8 Å². The fourth-order valence-corrected chi connectivity index (χ4v) is 2.38. The van der Waals surface area contributed by atoms with Crippen molar-refractivity contribution in [3.8, 4) is 0 Å². The molecule has 3 aromatic carbocycles.